The summed E-state index contributed by atoms with van der Waals surface area (Å²) in [4.78, 5) is 4.58. The maximum Gasteiger partial charge on any atom is 0.124 e. The van der Waals surface area contributed by atoms with Crippen molar-refractivity contribution in [3.05, 3.63) is 47.0 Å². The third-order valence-electron chi connectivity index (χ3n) is 2.90. The van der Waals surface area contributed by atoms with Crippen molar-refractivity contribution in [3.63, 3.8) is 0 Å². The molecule has 0 aliphatic rings. The summed E-state index contributed by atoms with van der Waals surface area (Å²) in [6.45, 7) is 1.99. The van der Waals surface area contributed by atoms with Crippen LogP contribution in [0.3, 0.4) is 0 Å². The summed E-state index contributed by atoms with van der Waals surface area (Å²) in [7, 11) is 0. The molecule has 18 heavy (non-hydrogen) atoms. The molecule has 1 aromatic heterocycles. The van der Waals surface area contributed by atoms with Crippen LogP contribution in [0, 0.1) is 6.92 Å². The van der Waals surface area contributed by atoms with Crippen molar-refractivity contribution >= 4 is 38.8 Å². The second kappa shape index (κ2) is 4.26. The van der Waals surface area contributed by atoms with Crippen LogP contribution >= 0.6 is 22.9 Å². The maximum absolute atomic E-state index is 6.13. The zero-order valence-corrected chi connectivity index (χ0v) is 11.3. The number of para-hydroxylation sites is 1. The molecule has 2 N–H and O–H groups in total. The fourth-order valence-corrected chi connectivity index (χ4v) is 3.07. The quantitative estimate of drug-likeness (QED) is 0.663. The highest BCUT2D eigenvalue weighted by atomic mass is 35.5. The predicted octanol–water partition coefficient (Wildman–Crippen LogP) is 4.51. The molecule has 0 fully saturated rings. The molecule has 2 aromatic carbocycles. The van der Waals surface area contributed by atoms with Crippen molar-refractivity contribution in [1.82, 2.24) is 4.98 Å². The van der Waals surface area contributed by atoms with Gasteiger partial charge in [0.05, 0.1) is 9.72 Å². The lowest BCUT2D eigenvalue weighted by Crippen LogP contribution is -1.89. The van der Waals surface area contributed by atoms with Crippen LogP contribution in [-0.2, 0) is 0 Å². The third kappa shape index (κ3) is 1.85. The van der Waals surface area contributed by atoms with E-state index in [1.165, 1.54) is 0 Å². The molecule has 0 atom stereocenters. The van der Waals surface area contributed by atoms with Gasteiger partial charge in [0.1, 0.15) is 10.5 Å². The molecule has 0 saturated carbocycles. The third-order valence-corrected chi connectivity index (χ3v) is 4.27. The van der Waals surface area contributed by atoms with E-state index in [1.807, 2.05) is 43.3 Å². The first-order valence-electron chi connectivity index (χ1n) is 5.57. The Morgan fingerprint density at radius 3 is 2.78 bits per heavy atom. The Bertz CT molecular complexity index is 734. The largest absolute Gasteiger partial charge is 0.398 e. The molecule has 1 heterocycles. The zero-order valence-electron chi connectivity index (χ0n) is 9.77. The van der Waals surface area contributed by atoms with Gasteiger partial charge in [-0.25, -0.2) is 4.98 Å². The maximum atomic E-state index is 6.13. The highest BCUT2D eigenvalue weighted by Crippen LogP contribution is 2.34. The second-order valence-electron chi connectivity index (χ2n) is 4.18. The lowest BCUT2D eigenvalue weighted by atomic mass is 10.1. The van der Waals surface area contributed by atoms with Crippen LogP contribution in [0.25, 0.3) is 20.8 Å². The average molecular weight is 275 g/mol. The van der Waals surface area contributed by atoms with Crippen LogP contribution in [0.1, 0.15) is 5.56 Å². The monoisotopic (exact) mass is 274 g/mol. The standard InChI is InChI=1S/C14H11ClN2S/c1-8-5-6-9(7-11(8)16)14-17-13-10(15)3-2-4-12(13)18-14/h2-7H,16H2,1H3. The predicted molar refractivity (Wildman–Crippen MR) is 79.2 cm³/mol. The van der Waals surface area contributed by atoms with Gasteiger partial charge in [-0.2, -0.15) is 0 Å². The number of benzene rings is 2. The van der Waals surface area contributed by atoms with Crippen LogP contribution in [0.15, 0.2) is 36.4 Å². The topological polar surface area (TPSA) is 38.9 Å². The molecular formula is C14H11ClN2S. The summed E-state index contributed by atoms with van der Waals surface area (Å²) in [5.41, 5.74) is 9.70. The molecule has 0 amide bonds. The number of hydrogen-bond acceptors (Lipinski definition) is 3. The van der Waals surface area contributed by atoms with Gasteiger partial charge in [-0.3, -0.25) is 0 Å². The van der Waals surface area contributed by atoms with Crippen molar-refractivity contribution in [2.24, 2.45) is 0 Å². The van der Waals surface area contributed by atoms with E-state index in [4.69, 9.17) is 17.3 Å². The molecule has 0 radical (unpaired) electrons. The van der Waals surface area contributed by atoms with Gasteiger partial charge in [0, 0.05) is 11.3 Å². The van der Waals surface area contributed by atoms with Gasteiger partial charge in [-0.05, 0) is 30.7 Å². The van der Waals surface area contributed by atoms with E-state index in [9.17, 15) is 0 Å². The molecule has 0 saturated heterocycles. The fraction of sp³-hybridized carbons (Fsp3) is 0.0714. The number of hydrogen-bond donors (Lipinski definition) is 1. The lowest BCUT2D eigenvalue weighted by Gasteiger charge is -2.01. The Morgan fingerprint density at radius 2 is 2.06 bits per heavy atom. The Morgan fingerprint density at radius 1 is 1.22 bits per heavy atom. The number of thiazole rings is 1. The van der Waals surface area contributed by atoms with E-state index in [0.29, 0.717) is 5.02 Å². The molecule has 2 nitrogen and oxygen atoms in total. The summed E-state index contributed by atoms with van der Waals surface area (Å²) in [6, 6.07) is 11.8. The van der Waals surface area contributed by atoms with Crippen molar-refractivity contribution in [2.75, 3.05) is 5.73 Å². The van der Waals surface area contributed by atoms with Crippen LogP contribution in [0.2, 0.25) is 5.02 Å². The molecule has 0 spiro atoms. The van der Waals surface area contributed by atoms with Crippen molar-refractivity contribution in [2.45, 2.75) is 6.92 Å². The van der Waals surface area contributed by atoms with E-state index < -0.39 is 0 Å². The number of aryl methyl sites for hydroxylation is 1. The number of nitrogens with zero attached hydrogens (tertiary/aromatic N) is 1. The summed E-state index contributed by atoms with van der Waals surface area (Å²) < 4.78 is 1.09. The minimum atomic E-state index is 0.690. The van der Waals surface area contributed by atoms with Gasteiger partial charge in [0.25, 0.3) is 0 Å². The van der Waals surface area contributed by atoms with Crippen molar-refractivity contribution in [1.29, 1.82) is 0 Å². The lowest BCUT2D eigenvalue weighted by molar-refractivity contribution is 1.44. The minimum absolute atomic E-state index is 0.690. The van der Waals surface area contributed by atoms with Crippen molar-refractivity contribution in [3.8, 4) is 10.6 Å². The van der Waals surface area contributed by atoms with E-state index in [-0.39, 0.29) is 0 Å². The second-order valence-corrected chi connectivity index (χ2v) is 5.61. The van der Waals surface area contributed by atoms with Gasteiger partial charge < -0.3 is 5.73 Å². The van der Waals surface area contributed by atoms with Crippen LogP contribution in [0.5, 0.6) is 0 Å². The molecular weight excluding hydrogens is 264 g/mol. The molecule has 0 aliphatic carbocycles. The first kappa shape index (κ1) is 11.5. The van der Waals surface area contributed by atoms with E-state index in [2.05, 4.69) is 4.98 Å². The van der Waals surface area contributed by atoms with Gasteiger partial charge >= 0.3 is 0 Å². The highest BCUT2D eigenvalue weighted by molar-refractivity contribution is 7.21. The summed E-state index contributed by atoms with van der Waals surface area (Å²) in [5, 5.41) is 1.64. The van der Waals surface area contributed by atoms with E-state index in [1.54, 1.807) is 11.3 Å². The number of nitrogens with two attached hydrogens (primary N) is 1. The van der Waals surface area contributed by atoms with Gasteiger partial charge in [0.2, 0.25) is 0 Å². The van der Waals surface area contributed by atoms with Gasteiger partial charge in [0.15, 0.2) is 0 Å². The summed E-state index contributed by atoms with van der Waals surface area (Å²) in [5.74, 6) is 0. The Kier molecular flexibility index (Phi) is 2.73. The van der Waals surface area contributed by atoms with Crippen molar-refractivity contribution < 1.29 is 0 Å². The fourth-order valence-electron chi connectivity index (χ4n) is 1.81. The number of rotatable bonds is 1. The van der Waals surface area contributed by atoms with Gasteiger partial charge in [-0.15, -0.1) is 11.3 Å². The van der Waals surface area contributed by atoms with E-state index in [0.717, 1.165) is 32.0 Å². The smallest absolute Gasteiger partial charge is 0.124 e. The molecule has 0 bridgehead atoms. The van der Waals surface area contributed by atoms with Gasteiger partial charge in [-0.1, -0.05) is 29.8 Å². The molecule has 0 unspecified atom stereocenters. The zero-order chi connectivity index (χ0) is 12.7. The van der Waals surface area contributed by atoms with Crippen LogP contribution in [-0.4, -0.2) is 4.98 Å². The molecule has 90 valence electrons. The number of anilines is 1. The van der Waals surface area contributed by atoms with Crippen LogP contribution < -0.4 is 5.73 Å². The normalized spacial score (nSPS) is 11.0. The molecule has 4 heteroatoms. The summed E-state index contributed by atoms with van der Waals surface area (Å²) in [6.07, 6.45) is 0. The number of fused-ring (bicyclic) bond motifs is 1. The van der Waals surface area contributed by atoms with E-state index >= 15 is 0 Å². The number of aromatic nitrogens is 1. The number of nitrogen functional groups attached to an aromatic ring is 1. The Balaban J connectivity index is 2.19. The first-order chi connectivity index (χ1) is 8.65. The average Bonchev–Trinajstić information content (AvgIpc) is 2.78. The molecule has 3 rings (SSSR count). The minimum Gasteiger partial charge on any atom is -0.398 e. The molecule has 3 aromatic rings. The first-order valence-corrected chi connectivity index (χ1v) is 6.76. The SMILES string of the molecule is Cc1ccc(-c2nc3c(Cl)cccc3s2)cc1N. The Hall–Kier alpha value is -1.58. The molecule has 0 aliphatic heterocycles. The summed E-state index contributed by atoms with van der Waals surface area (Å²) >= 11 is 7.76. The van der Waals surface area contributed by atoms with Crippen LogP contribution in [0.4, 0.5) is 5.69 Å². The Labute approximate surface area is 114 Å². The highest BCUT2D eigenvalue weighted by Gasteiger charge is 2.09. The number of halogens is 1.